The Kier molecular flexibility index (Phi) is 6.02. The molecule has 0 bridgehead atoms. The summed E-state index contributed by atoms with van der Waals surface area (Å²) in [6.45, 7) is 7.41. The van der Waals surface area contributed by atoms with Crippen molar-refractivity contribution in [2.45, 2.75) is 58.8 Å². The van der Waals surface area contributed by atoms with E-state index in [1.807, 2.05) is 0 Å². The predicted molar refractivity (Wildman–Crippen MR) is 83.3 cm³/mol. The van der Waals surface area contributed by atoms with Crippen LogP contribution >= 0.6 is 0 Å². The molecule has 0 aliphatic carbocycles. The molecule has 0 saturated carbocycles. The number of nitrogens with one attached hydrogen (secondary N) is 1. The molecule has 5 heteroatoms. The maximum Gasteiger partial charge on any atom is 0.230 e. The Balaban J connectivity index is 2.14. The van der Waals surface area contributed by atoms with Crippen LogP contribution in [0.1, 0.15) is 58.2 Å². The molecular formula is C15H27N5. The third kappa shape index (κ3) is 4.32. The van der Waals surface area contributed by atoms with Crippen molar-refractivity contribution in [1.82, 2.24) is 15.0 Å². The predicted octanol–water partition coefficient (Wildman–Crippen LogP) is 3.03. The van der Waals surface area contributed by atoms with Crippen molar-refractivity contribution < 1.29 is 0 Å². The van der Waals surface area contributed by atoms with Crippen LogP contribution in [0.4, 0.5) is 11.9 Å². The summed E-state index contributed by atoms with van der Waals surface area (Å²) in [4.78, 5) is 16.1. The molecule has 1 N–H and O–H groups in total. The fourth-order valence-corrected chi connectivity index (χ4v) is 2.41. The van der Waals surface area contributed by atoms with Crippen LogP contribution in [0.2, 0.25) is 0 Å². The van der Waals surface area contributed by atoms with Crippen LogP contribution < -0.4 is 10.2 Å². The number of nitrogens with zero attached hydrogens (tertiary/aromatic N) is 4. The van der Waals surface area contributed by atoms with Gasteiger partial charge in [-0.3, -0.25) is 0 Å². The van der Waals surface area contributed by atoms with Gasteiger partial charge in [0.1, 0.15) is 5.82 Å². The molecule has 1 aromatic heterocycles. The second-order valence-electron chi connectivity index (χ2n) is 5.45. The second-order valence-corrected chi connectivity index (χ2v) is 5.45. The van der Waals surface area contributed by atoms with E-state index in [9.17, 15) is 0 Å². The summed E-state index contributed by atoms with van der Waals surface area (Å²) in [5.41, 5.74) is 0. The van der Waals surface area contributed by atoms with E-state index in [1.165, 1.54) is 25.7 Å². The van der Waals surface area contributed by atoms with Crippen LogP contribution in [0, 0.1) is 0 Å². The third-order valence-electron chi connectivity index (χ3n) is 3.60. The van der Waals surface area contributed by atoms with Crippen LogP contribution in [-0.2, 0) is 6.42 Å². The highest BCUT2D eigenvalue weighted by atomic mass is 15.3. The average Bonchev–Trinajstić information content (AvgIpc) is 2.51. The molecule has 0 spiro atoms. The lowest BCUT2D eigenvalue weighted by Crippen LogP contribution is -2.31. The molecule has 0 radical (unpaired) electrons. The molecule has 1 aromatic rings. The molecule has 2 rings (SSSR count). The van der Waals surface area contributed by atoms with E-state index in [4.69, 9.17) is 0 Å². The first-order valence-electron chi connectivity index (χ1n) is 8.07. The maximum absolute atomic E-state index is 4.67. The van der Waals surface area contributed by atoms with Gasteiger partial charge in [0.05, 0.1) is 0 Å². The highest BCUT2D eigenvalue weighted by Gasteiger charge is 2.15. The lowest BCUT2D eigenvalue weighted by atomic mass is 10.1. The van der Waals surface area contributed by atoms with E-state index in [0.29, 0.717) is 0 Å². The normalized spacial score (nSPS) is 15.4. The van der Waals surface area contributed by atoms with E-state index in [2.05, 4.69) is 39.0 Å². The smallest absolute Gasteiger partial charge is 0.230 e. The van der Waals surface area contributed by atoms with Crippen LogP contribution in [0.15, 0.2) is 0 Å². The SMILES string of the molecule is CCCCc1nc(NCCC)nc(N2CCCCC2)n1. The molecule has 112 valence electrons. The molecular weight excluding hydrogens is 250 g/mol. The molecule has 1 saturated heterocycles. The van der Waals surface area contributed by atoms with Crippen LogP contribution in [0.5, 0.6) is 0 Å². The summed E-state index contributed by atoms with van der Waals surface area (Å²) in [5, 5.41) is 3.30. The van der Waals surface area contributed by atoms with Crippen molar-refractivity contribution in [3.05, 3.63) is 5.82 Å². The molecule has 1 fully saturated rings. The number of rotatable bonds is 7. The highest BCUT2D eigenvalue weighted by Crippen LogP contribution is 2.17. The number of hydrogen-bond donors (Lipinski definition) is 1. The van der Waals surface area contributed by atoms with Crippen molar-refractivity contribution in [3.8, 4) is 0 Å². The van der Waals surface area contributed by atoms with Crippen LogP contribution in [-0.4, -0.2) is 34.6 Å². The Bertz CT molecular complexity index is 375. The van der Waals surface area contributed by atoms with Crippen molar-refractivity contribution in [2.24, 2.45) is 0 Å². The molecule has 20 heavy (non-hydrogen) atoms. The zero-order valence-electron chi connectivity index (χ0n) is 12.9. The molecule has 1 aliphatic heterocycles. The fourth-order valence-electron chi connectivity index (χ4n) is 2.41. The zero-order chi connectivity index (χ0) is 14.2. The first-order valence-corrected chi connectivity index (χ1v) is 8.07. The van der Waals surface area contributed by atoms with Crippen molar-refractivity contribution in [1.29, 1.82) is 0 Å². The molecule has 0 amide bonds. The Morgan fingerprint density at radius 1 is 1.00 bits per heavy atom. The first kappa shape index (κ1) is 15.0. The minimum atomic E-state index is 0.744. The topological polar surface area (TPSA) is 53.9 Å². The Labute approximate surface area is 122 Å². The number of hydrogen-bond acceptors (Lipinski definition) is 5. The van der Waals surface area contributed by atoms with E-state index in [0.717, 1.165) is 56.6 Å². The lowest BCUT2D eigenvalue weighted by molar-refractivity contribution is 0.565. The minimum Gasteiger partial charge on any atom is -0.354 e. The van der Waals surface area contributed by atoms with E-state index >= 15 is 0 Å². The quantitative estimate of drug-likeness (QED) is 0.830. The van der Waals surface area contributed by atoms with Gasteiger partial charge in [0.2, 0.25) is 11.9 Å². The minimum absolute atomic E-state index is 0.744. The van der Waals surface area contributed by atoms with Crippen LogP contribution in [0.3, 0.4) is 0 Å². The van der Waals surface area contributed by atoms with Crippen molar-refractivity contribution in [3.63, 3.8) is 0 Å². The molecule has 0 aromatic carbocycles. The van der Waals surface area contributed by atoms with Gasteiger partial charge in [-0.2, -0.15) is 15.0 Å². The Hall–Kier alpha value is -1.39. The fraction of sp³-hybridized carbons (Fsp3) is 0.800. The van der Waals surface area contributed by atoms with Gasteiger partial charge in [-0.15, -0.1) is 0 Å². The summed E-state index contributed by atoms with van der Waals surface area (Å²) in [6, 6.07) is 0. The van der Waals surface area contributed by atoms with Crippen molar-refractivity contribution >= 4 is 11.9 Å². The Morgan fingerprint density at radius 3 is 2.50 bits per heavy atom. The summed E-state index contributed by atoms with van der Waals surface area (Å²) in [5.74, 6) is 2.54. The molecule has 1 aliphatic rings. The summed E-state index contributed by atoms with van der Waals surface area (Å²) < 4.78 is 0. The zero-order valence-corrected chi connectivity index (χ0v) is 12.9. The Morgan fingerprint density at radius 2 is 1.80 bits per heavy atom. The van der Waals surface area contributed by atoms with Gasteiger partial charge in [0.25, 0.3) is 0 Å². The van der Waals surface area contributed by atoms with Gasteiger partial charge < -0.3 is 10.2 Å². The van der Waals surface area contributed by atoms with Gasteiger partial charge in [0.15, 0.2) is 0 Å². The van der Waals surface area contributed by atoms with E-state index < -0.39 is 0 Å². The van der Waals surface area contributed by atoms with Crippen molar-refractivity contribution in [2.75, 3.05) is 29.9 Å². The lowest BCUT2D eigenvalue weighted by Gasteiger charge is -2.27. The number of aryl methyl sites for hydroxylation is 1. The largest absolute Gasteiger partial charge is 0.354 e. The number of aromatic nitrogens is 3. The summed E-state index contributed by atoms with van der Waals surface area (Å²) in [7, 11) is 0. The summed E-state index contributed by atoms with van der Waals surface area (Å²) in [6.07, 6.45) is 8.14. The summed E-state index contributed by atoms with van der Waals surface area (Å²) >= 11 is 0. The second kappa shape index (κ2) is 8.02. The average molecular weight is 277 g/mol. The van der Waals surface area contributed by atoms with Gasteiger partial charge in [-0.05, 0) is 32.1 Å². The van der Waals surface area contributed by atoms with Gasteiger partial charge in [-0.25, -0.2) is 0 Å². The standard InChI is InChI=1S/C15H27N5/c1-3-5-9-13-17-14(16-10-4-2)19-15(18-13)20-11-7-6-8-12-20/h3-12H2,1-2H3,(H,16,17,18,19). The van der Waals surface area contributed by atoms with Gasteiger partial charge in [-0.1, -0.05) is 20.3 Å². The number of piperidine rings is 1. The van der Waals surface area contributed by atoms with E-state index in [-0.39, 0.29) is 0 Å². The first-order chi connectivity index (χ1) is 9.83. The molecule has 0 atom stereocenters. The number of unbranched alkanes of at least 4 members (excludes halogenated alkanes) is 1. The van der Waals surface area contributed by atoms with Gasteiger partial charge in [0, 0.05) is 26.1 Å². The van der Waals surface area contributed by atoms with Gasteiger partial charge >= 0.3 is 0 Å². The number of anilines is 2. The molecule has 2 heterocycles. The third-order valence-corrected chi connectivity index (χ3v) is 3.60. The molecule has 0 unspecified atom stereocenters. The molecule has 5 nitrogen and oxygen atoms in total. The monoisotopic (exact) mass is 277 g/mol. The van der Waals surface area contributed by atoms with Crippen LogP contribution in [0.25, 0.3) is 0 Å². The maximum atomic E-state index is 4.67. The van der Waals surface area contributed by atoms with E-state index in [1.54, 1.807) is 0 Å². The highest BCUT2D eigenvalue weighted by molar-refractivity contribution is 5.37.